The number of anilines is 1. The van der Waals surface area contributed by atoms with Gasteiger partial charge in [0.05, 0.1) is 11.6 Å². The number of carbonyl (C=O) groups excluding carboxylic acids is 2. The first kappa shape index (κ1) is 26.4. The van der Waals surface area contributed by atoms with Gasteiger partial charge in [-0.2, -0.15) is 0 Å². The molecule has 1 amide bonds. The molecule has 2 heterocycles. The van der Waals surface area contributed by atoms with Crippen molar-refractivity contribution < 1.29 is 14.7 Å². The van der Waals surface area contributed by atoms with Crippen molar-refractivity contribution in [3.05, 3.63) is 110 Å². The van der Waals surface area contributed by atoms with Gasteiger partial charge in [0.15, 0.2) is 4.34 Å². The summed E-state index contributed by atoms with van der Waals surface area (Å²) in [6, 6.07) is 19.0. The molecule has 1 atom stereocenters. The van der Waals surface area contributed by atoms with E-state index in [2.05, 4.69) is 10.2 Å². The Morgan fingerprint density at radius 2 is 1.76 bits per heavy atom. The molecule has 1 unspecified atom stereocenters. The molecule has 4 aromatic rings. The van der Waals surface area contributed by atoms with Gasteiger partial charge in [-0.1, -0.05) is 94.3 Å². The van der Waals surface area contributed by atoms with Crippen molar-refractivity contribution in [3.63, 3.8) is 0 Å². The Hall–Kier alpha value is -3.17. The van der Waals surface area contributed by atoms with Gasteiger partial charge in [0.2, 0.25) is 5.13 Å². The zero-order valence-electron chi connectivity index (χ0n) is 20.3. The Labute approximate surface area is 237 Å². The first-order valence-corrected chi connectivity index (χ1v) is 14.1. The van der Waals surface area contributed by atoms with Crippen molar-refractivity contribution in [2.75, 3.05) is 4.90 Å². The molecule has 192 valence electrons. The minimum absolute atomic E-state index is 0.00788. The SMILES string of the molecule is Cc1ccc(C)c(C(O)=C2C(=O)C(=O)N(c3nnc(SCc4ccccc4Cl)s3)C2c2ccc(Cl)cc2)c1. The molecule has 1 fully saturated rings. The van der Waals surface area contributed by atoms with E-state index in [1.807, 2.05) is 50.2 Å². The van der Waals surface area contributed by atoms with Gasteiger partial charge in [-0.3, -0.25) is 14.5 Å². The van der Waals surface area contributed by atoms with Crippen LogP contribution in [0.5, 0.6) is 0 Å². The highest BCUT2D eigenvalue weighted by Crippen LogP contribution is 2.44. The number of thioether (sulfide) groups is 1. The number of rotatable bonds is 6. The molecular weight excluding hydrogens is 561 g/mol. The van der Waals surface area contributed by atoms with Gasteiger partial charge in [0.1, 0.15) is 5.76 Å². The van der Waals surface area contributed by atoms with Crippen LogP contribution in [-0.4, -0.2) is 27.0 Å². The summed E-state index contributed by atoms with van der Waals surface area (Å²) in [6.07, 6.45) is 0. The molecule has 0 radical (unpaired) electrons. The summed E-state index contributed by atoms with van der Waals surface area (Å²) >= 11 is 15.0. The van der Waals surface area contributed by atoms with E-state index < -0.39 is 17.7 Å². The third-order valence-corrected chi connectivity index (χ3v) is 8.91. The maximum absolute atomic E-state index is 13.4. The van der Waals surface area contributed by atoms with E-state index >= 15 is 0 Å². The summed E-state index contributed by atoms with van der Waals surface area (Å²) in [5.41, 5.74) is 3.75. The molecule has 1 N–H and O–H groups in total. The number of aliphatic hydroxyl groups is 1. The van der Waals surface area contributed by atoms with E-state index in [-0.39, 0.29) is 16.5 Å². The van der Waals surface area contributed by atoms with E-state index in [4.69, 9.17) is 23.2 Å². The Kier molecular flexibility index (Phi) is 7.59. The van der Waals surface area contributed by atoms with Gasteiger partial charge in [-0.25, -0.2) is 0 Å². The molecule has 10 heteroatoms. The van der Waals surface area contributed by atoms with Gasteiger partial charge in [0.25, 0.3) is 5.78 Å². The second kappa shape index (κ2) is 10.9. The highest BCUT2D eigenvalue weighted by atomic mass is 35.5. The Morgan fingerprint density at radius 1 is 1.03 bits per heavy atom. The van der Waals surface area contributed by atoms with Crippen LogP contribution in [0.15, 0.2) is 76.6 Å². The van der Waals surface area contributed by atoms with Crippen molar-refractivity contribution in [2.45, 2.75) is 30.0 Å². The molecule has 0 saturated carbocycles. The number of aryl methyl sites for hydroxylation is 2. The van der Waals surface area contributed by atoms with Gasteiger partial charge in [0, 0.05) is 21.4 Å². The number of Topliss-reactive ketones (excluding diaryl/α,β-unsaturated/α-hetero) is 1. The zero-order chi connectivity index (χ0) is 27.0. The highest BCUT2D eigenvalue weighted by Gasteiger charge is 2.48. The van der Waals surface area contributed by atoms with Gasteiger partial charge >= 0.3 is 5.91 Å². The third kappa shape index (κ3) is 5.09. The Balaban J connectivity index is 1.57. The van der Waals surface area contributed by atoms with Gasteiger partial charge in [-0.05, 0) is 54.8 Å². The molecule has 38 heavy (non-hydrogen) atoms. The average molecular weight is 583 g/mol. The molecular formula is C28H21Cl2N3O3S2. The first-order chi connectivity index (χ1) is 18.2. The van der Waals surface area contributed by atoms with Crippen LogP contribution in [0.25, 0.3) is 5.76 Å². The summed E-state index contributed by atoms with van der Waals surface area (Å²) in [5.74, 6) is -1.23. The summed E-state index contributed by atoms with van der Waals surface area (Å²) in [5, 5.41) is 21.3. The topological polar surface area (TPSA) is 83.4 Å². The molecule has 0 aliphatic carbocycles. The lowest BCUT2D eigenvalue weighted by molar-refractivity contribution is -0.132. The van der Waals surface area contributed by atoms with E-state index in [1.165, 1.54) is 28.0 Å². The molecule has 1 saturated heterocycles. The smallest absolute Gasteiger partial charge is 0.301 e. The maximum Gasteiger partial charge on any atom is 0.301 e. The fourth-order valence-electron chi connectivity index (χ4n) is 4.24. The zero-order valence-corrected chi connectivity index (χ0v) is 23.5. The summed E-state index contributed by atoms with van der Waals surface area (Å²) in [7, 11) is 0. The predicted octanol–water partition coefficient (Wildman–Crippen LogP) is 7.38. The number of hydrogen-bond acceptors (Lipinski definition) is 7. The van der Waals surface area contributed by atoms with Crippen LogP contribution in [-0.2, 0) is 15.3 Å². The standard InChI is InChI=1S/C28H21Cl2N3O3S2/c1-15-7-8-16(2)20(13-15)24(34)22-23(17-9-11-19(29)12-10-17)33(26(36)25(22)35)27-31-32-28(38-27)37-14-18-5-3-4-6-21(18)30/h3-13,23,34H,14H2,1-2H3. The number of amides is 1. The Morgan fingerprint density at radius 3 is 2.50 bits per heavy atom. The van der Waals surface area contributed by atoms with Crippen LogP contribution in [0, 0.1) is 13.8 Å². The fraction of sp³-hybridized carbons (Fsp3) is 0.143. The van der Waals surface area contributed by atoms with E-state index in [9.17, 15) is 14.7 Å². The number of aliphatic hydroxyl groups excluding tert-OH is 1. The lowest BCUT2D eigenvalue weighted by Gasteiger charge is -2.22. The van der Waals surface area contributed by atoms with Crippen LogP contribution < -0.4 is 4.90 Å². The number of benzene rings is 3. The van der Waals surface area contributed by atoms with Crippen molar-refractivity contribution in [2.24, 2.45) is 0 Å². The molecule has 5 rings (SSSR count). The minimum atomic E-state index is -0.901. The lowest BCUT2D eigenvalue weighted by Crippen LogP contribution is -2.29. The first-order valence-electron chi connectivity index (χ1n) is 11.6. The fourth-order valence-corrected chi connectivity index (χ4v) is 6.52. The second-order valence-corrected chi connectivity index (χ2v) is 11.8. The van der Waals surface area contributed by atoms with E-state index in [0.29, 0.717) is 31.3 Å². The van der Waals surface area contributed by atoms with Crippen LogP contribution in [0.1, 0.15) is 33.9 Å². The van der Waals surface area contributed by atoms with Crippen molar-refractivity contribution in [3.8, 4) is 0 Å². The molecule has 0 spiro atoms. The molecule has 1 aliphatic heterocycles. The second-order valence-electron chi connectivity index (χ2n) is 8.77. The number of ketones is 1. The molecule has 1 aromatic heterocycles. The predicted molar refractivity (Wildman–Crippen MR) is 153 cm³/mol. The van der Waals surface area contributed by atoms with Crippen molar-refractivity contribution >= 4 is 68.9 Å². The van der Waals surface area contributed by atoms with Crippen LogP contribution in [0.2, 0.25) is 10.0 Å². The van der Waals surface area contributed by atoms with Crippen molar-refractivity contribution in [1.29, 1.82) is 0 Å². The normalized spacial score (nSPS) is 16.8. The molecule has 1 aliphatic rings. The summed E-state index contributed by atoms with van der Waals surface area (Å²) in [4.78, 5) is 28.1. The van der Waals surface area contributed by atoms with Crippen LogP contribution in [0.3, 0.4) is 0 Å². The highest BCUT2D eigenvalue weighted by molar-refractivity contribution is 8.00. The quantitative estimate of drug-likeness (QED) is 0.0840. The maximum atomic E-state index is 13.4. The van der Waals surface area contributed by atoms with Crippen LogP contribution >= 0.6 is 46.3 Å². The summed E-state index contributed by atoms with van der Waals surface area (Å²) < 4.78 is 0.617. The summed E-state index contributed by atoms with van der Waals surface area (Å²) in [6.45, 7) is 3.74. The van der Waals surface area contributed by atoms with Gasteiger partial charge in [-0.15, -0.1) is 10.2 Å². The Bertz CT molecular complexity index is 1580. The van der Waals surface area contributed by atoms with E-state index in [1.54, 1.807) is 30.3 Å². The largest absolute Gasteiger partial charge is 0.507 e. The lowest BCUT2D eigenvalue weighted by atomic mass is 9.93. The number of nitrogens with zero attached hydrogens (tertiary/aromatic N) is 3. The van der Waals surface area contributed by atoms with Crippen molar-refractivity contribution in [1.82, 2.24) is 10.2 Å². The number of halogens is 2. The molecule has 6 nitrogen and oxygen atoms in total. The molecule has 3 aromatic carbocycles. The third-order valence-electron chi connectivity index (χ3n) is 6.19. The minimum Gasteiger partial charge on any atom is -0.507 e. The average Bonchev–Trinajstić information content (AvgIpc) is 3.47. The molecule has 0 bridgehead atoms. The number of aromatic nitrogens is 2. The number of carbonyl (C=O) groups is 2. The van der Waals surface area contributed by atoms with Gasteiger partial charge < -0.3 is 5.11 Å². The monoisotopic (exact) mass is 581 g/mol. The van der Waals surface area contributed by atoms with E-state index in [0.717, 1.165) is 16.7 Å². The number of hydrogen-bond donors (Lipinski definition) is 1. The van der Waals surface area contributed by atoms with Crippen LogP contribution in [0.4, 0.5) is 5.13 Å².